The van der Waals surface area contributed by atoms with E-state index in [4.69, 9.17) is 4.74 Å². The molecule has 1 N–H and O–H groups in total. The predicted octanol–water partition coefficient (Wildman–Crippen LogP) is 4.97. The second-order valence-electron chi connectivity index (χ2n) is 5.25. The number of amides is 1. The summed E-state index contributed by atoms with van der Waals surface area (Å²) in [5, 5.41) is 2.35. The Morgan fingerprint density at radius 3 is 2.25 bits per heavy atom. The van der Waals surface area contributed by atoms with E-state index >= 15 is 0 Å². The van der Waals surface area contributed by atoms with Crippen LogP contribution in [-0.4, -0.2) is 11.7 Å². The van der Waals surface area contributed by atoms with Gasteiger partial charge >= 0.3 is 12.3 Å². The van der Waals surface area contributed by atoms with E-state index in [1.807, 2.05) is 0 Å². The number of hydrogen-bond donors (Lipinski definition) is 1. The fourth-order valence-electron chi connectivity index (χ4n) is 1.52. The first kappa shape index (κ1) is 17.1. The van der Waals surface area contributed by atoms with Crippen LogP contribution in [0.2, 0.25) is 0 Å². The van der Waals surface area contributed by atoms with Crippen LogP contribution in [0.5, 0.6) is 0 Å². The van der Waals surface area contributed by atoms with Crippen molar-refractivity contribution < 1.29 is 22.7 Å². The molecule has 0 radical (unpaired) electrons. The predicted molar refractivity (Wildman–Crippen MR) is 78.8 cm³/mol. The Kier molecular flexibility index (Phi) is 4.94. The van der Waals surface area contributed by atoms with Crippen LogP contribution in [0.3, 0.4) is 0 Å². The summed E-state index contributed by atoms with van der Waals surface area (Å²) in [6, 6.07) is 2.51. The van der Waals surface area contributed by atoms with Crippen molar-refractivity contribution in [1.29, 1.82) is 0 Å². The van der Waals surface area contributed by atoms with E-state index in [1.54, 1.807) is 43.4 Å². The summed E-state index contributed by atoms with van der Waals surface area (Å²) in [5.74, 6) is 0. The molecule has 0 saturated heterocycles. The number of anilines is 1. The monoisotopic (exact) mass is 401 g/mol. The van der Waals surface area contributed by atoms with Gasteiger partial charge in [0.1, 0.15) is 5.60 Å². The maximum Gasteiger partial charge on any atom is 0.416 e. The van der Waals surface area contributed by atoms with Crippen molar-refractivity contribution in [1.82, 2.24) is 0 Å². The average molecular weight is 401 g/mol. The Morgan fingerprint density at radius 1 is 1.25 bits per heavy atom. The summed E-state index contributed by atoms with van der Waals surface area (Å²) in [5.41, 5.74) is -1.43. The van der Waals surface area contributed by atoms with Gasteiger partial charge in [0.2, 0.25) is 0 Å². The molecule has 0 atom stereocenters. The lowest BCUT2D eigenvalue weighted by atomic mass is 10.1. The fourth-order valence-corrected chi connectivity index (χ4v) is 2.14. The minimum atomic E-state index is -4.46. The zero-order valence-corrected chi connectivity index (χ0v) is 13.6. The number of rotatable bonds is 1. The SMILES string of the molecule is Cc1c(NC(=O)OC(C)(C)C)cc(I)cc1C(F)(F)F. The standard InChI is InChI=1S/C13H15F3INO2/c1-7-9(13(14,15)16)5-8(17)6-10(7)18-11(19)20-12(2,3)4/h5-6H,1-4H3,(H,18,19). The maximum atomic E-state index is 12.9. The Labute approximate surface area is 129 Å². The normalized spacial score (nSPS) is 12.2. The van der Waals surface area contributed by atoms with Crippen LogP contribution in [0.4, 0.5) is 23.7 Å². The Balaban J connectivity index is 3.08. The van der Waals surface area contributed by atoms with E-state index in [0.717, 1.165) is 6.07 Å². The topological polar surface area (TPSA) is 38.3 Å². The van der Waals surface area contributed by atoms with Crippen molar-refractivity contribution in [3.8, 4) is 0 Å². The number of benzene rings is 1. The molecule has 0 heterocycles. The number of carbonyl (C=O) groups excluding carboxylic acids is 1. The Hall–Kier alpha value is -0.990. The average Bonchev–Trinajstić information content (AvgIpc) is 2.18. The van der Waals surface area contributed by atoms with Gasteiger partial charge in [-0.15, -0.1) is 0 Å². The molecule has 20 heavy (non-hydrogen) atoms. The lowest BCUT2D eigenvalue weighted by molar-refractivity contribution is -0.138. The number of ether oxygens (including phenoxy) is 1. The first-order chi connectivity index (χ1) is 8.90. The molecule has 112 valence electrons. The van der Waals surface area contributed by atoms with Crippen LogP contribution in [0.1, 0.15) is 31.9 Å². The van der Waals surface area contributed by atoms with Crippen molar-refractivity contribution in [3.05, 3.63) is 26.8 Å². The molecule has 0 aliphatic heterocycles. The van der Waals surface area contributed by atoms with Gasteiger partial charge in [-0.1, -0.05) is 0 Å². The van der Waals surface area contributed by atoms with E-state index in [0.29, 0.717) is 3.57 Å². The number of halogens is 4. The van der Waals surface area contributed by atoms with Crippen molar-refractivity contribution in [2.75, 3.05) is 5.32 Å². The third-order valence-electron chi connectivity index (χ3n) is 2.31. The lowest BCUT2D eigenvalue weighted by Crippen LogP contribution is -2.27. The highest BCUT2D eigenvalue weighted by Gasteiger charge is 2.34. The molecule has 0 saturated carbocycles. The van der Waals surface area contributed by atoms with Gasteiger partial charge in [-0.05, 0) is 68.0 Å². The molecule has 0 spiro atoms. The van der Waals surface area contributed by atoms with E-state index in [9.17, 15) is 18.0 Å². The molecular formula is C13H15F3INO2. The van der Waals surface area contributed by atoms with Gasteiger partial charge in [0.05, 0.1) is 5.56 Å². The van der Waals surface area contributed by atoms with Crippen molar-refractivity contribution in [2.45, 2.75) is 39.5 Å². The molecule has 1 aromatic rings. The second-order valence-corrected chi connectivity index (χ2v) is 6.50. The minimum absolute atomic E-state index is 0.0382. The zero-order valence-electron chi connectivity index (χ0n) is 11.5. The van der Waals surface area contributed by atoms with Crippen molar-refractivity contribution in [3.63, 3.8) is 0 Å². The quantitative estimate of drug-likeness (QED) is 0.676. The third kappa shape index (κ3) is 4.84. The number of carbonyl (C=O) groups is 1. The van der Waals surface area contributed by atoms with E-state index in [-0.39, 0.29) is 11.3 Å². The molecule has 1 amide bonds. The summed E-state index contributed by atoms with van der Waals surface area (Å²) < 4.78 is 44.0. The number of nitrogens with one attached hydrogen (secondary N) is 1. The molecule has 0 bridgehead atoms. The number of hydrogen-bond acceptors (Lipinski definition) is 2. The molecule has 0 aromatic heterocycles. The smallest absolute Gasteiger partial charge is 0.416 e. The molecule has 0 unspecified atom stereocenters. The van der Waals surface area contributed by atoms with Gasteiger partial charge in [0.25, 0.3) is 0 Å². The number of alkyl halides is 3. The van der Waals surface area contributed by atoms with Crippen LogP contribution in [0, 0.1) is 10.5 Å². The molecule has 1 aromatic carbocycles. The van der Waals surface area contributed by atoms with Crippen LogP contribution in [-0.2, 0) is 10.9 Å². The molecule has 0 aliphatic rings. The van der Waals surface area contributed by atoms with E-state index < -0.39 is 23.4 Å². The van der Waals surface area contributed by atoms with Gasteiger partial charge in [0.15, 0.2) is 0 Å². The summed E-state index contributed by atoms with van der Waals surface area (Å²) >= 11 is 1.77. The minimum Gasteiger partial charge on any atom is -0.444 e. The Morgan fingerprint density at radius 2 is 1.80 bits per heavy atom. The maximum absolute atomic E-state index is 12.9. The van der Waals surface area contributed by atoms with Crippen LogP contribution < -0.4 is 5.32 Å². The second kappa shape index (κ2) is 5.79. The molecule has 1 rings (SSSR count). The molecule has 7 heteroatoms. The van der Waals surface area contributed by atoms with Gasteiger partial charge < -0.3 is 4.74 Å². The lowest BCUT2D eigenvalue weighted by Gasteiger charge is -2.21. The largest absolute Gasteiger partial charge is 0.444 e. The van der Waals surface area contributed by atoms with Crippen molar-refractivity contribution >= 4 is 34.4 Å². The van der Waals surface area contributed by atoms with Gasteiger partial charge in [-0.3, -0.25) is 5.32 Å². The van der Waals surface area contributed by atoms with Crippen LogP contribution >= 0.6 is 22.6 Å². The summed E-state index contributed by atoms with van der Waals surface area (Å²) in [7, 11) is 0. The fraction of sp³-hybridized carbons (Fsp3) is 0.462. The highest BCUT2D eigenvalue weighted by Crippen LogP contribution is 2.36. The van der Waals surface area contributed by atoms with E-state index in [1.165, 1.54) is 13.0 Å². The molecule has 3 nitrogen and oxygen atoms in total. The first-order valence-electron chi connectivity index (χ1n) is 5.77. The highest BCUT2D eigenvalue weighted by molar-refractivity contribution is 14.1. The van der Waals surface area contributed by atoms with Gasteiger partial charge in [-0.25, -0.2) is 4.79 Å². The van der Waals surface area contributed by atoms with Gasteiger partial charge in [-0.2, -0.15) is 13.2 Å². The molecule has 0 fully saturated rings. The highest BCUT2D eigenvalue weighted by atomic mass is 127. The van der Waals surface area contributed by atoms with Crippen LogP contribution in [0.25, 0.3) is 0 Å². The summed E-state index contributed by atoms with van der Waals surface area (Å²) in [6.07, 6.45) is -5.24. The van der Waals surface area contributed by atoms with Crippen molar-refractivity contribution in [2.24, 2.45) is 0 Å². The Bertz CT molecular complexity index is 522. The first-order valence-corrected chi connectivity index (χ1v) is 6.85. The van der Waals surface area contributed by atoms with E-state index in [2.05, 4.69) is 5.32 Å². The van der Waals surface area contributed by atoms with Gasteiger partial charge in [0, 0.05) is 9.26 Å². The third-order valence-corrected chi connectivity index (χ3v) is 2.94. The molecular weight excluding hydrogens is 386 g/mol. The summed E-state index contributed by atoms with van der Waals surface area (Å²) in [4.78, 5) is 11.6. The van der Waals surface area contributed by atoms with Crippen LogP contribution in [0.15, 0.2) is 12.1 Å². The summed E-state index contributed by atoms with van der Waals surface area (Å²) in [6.45, 7) is 6.34. The molecule has 0 aliphatic carbocycles. The zero-order chi connectivity index (χ0) is 15.7.